The Balaban J connectivity index is 1.91. The maximum atomic E-state index is 11.6. The summed E-state index contributed by atoms with van der Waals surface area (Å²) in [5.74, 6) is 0.261. The molecule has 1 saturated carbocycles. The van der Waals surface area contributed by atoms with Crippen LogP contribution in [0.5, 0.6) is 0 Å². The molecule has 1 aromatic carbocycles. The fraction of sp³-hybridized carbons (Fsp3) is 0.529. The van der Waals surface area contributed by atoms with E-state index in [1.54, 1.807) is 0 Å². The van der Waals surface area contributed by atoms with Crippen molar-refractivity contribution in [3.63, 3.8) is 0 Å². The van der Waals surface area contributed by atoms with Crippen molar-refractivity contribution in [1.82, 2.24) is 5.32 Å². The molecule has 0 aromatic heterocycles. The van der Waals surface area contributed by atoms with Crippen molar-refractivity contribution >= 4 is 29.0 Å². The molecule has 0 spiro atoms. The minimum atomic E-state index is -0.324. The Morgan fingerprint density at radius 2 is 2.00 bits per heavy atom. The lowest BCUT2D eigenvalue weighted by atomic mass is 9.99. The number of anilines is 1. The molecule has 2 unspecified atom stereocenters. The summed E-state index contributed by atoms with van der Waals surface area (Å²) in [6, 6.07) is 9.96. The fourth-order valence-corrected chi connectivity index (χ4v) is 3.10. The Morgan fingerprint density at radius 3 is 2.73 bits per heavy atom. The quantitative estimate of drug-likeness (QED) is 0.647. The van der Waals surface area contributed by atoms with E-state index in [1.807, 2.05) is 37.3 Å². The SMILES string of the molecule is CCNC(=O)OC1CCCCC(C(=S)Nc2ccccc2)C1. The largest absolute Gasteiger partial charge is 0.446 e. The fourth-order valence-electron chi connectivity index (χ4n) is 2.76. The van der Waals surface area contributed by atoms with Crippen LogP contribution in [0.4, 0.5) is 10.5 Å². The second-order valence-corrected chi connectivity index (χ2v) is 6.07. The first kappa shape index (κ1) is 16.7. The molecule has 0 heterocycles. The molecule has 1 aliphatic rings. The maximum absolute atomic E-state index is 11.6. The van der Waals surface area contributed by atoms with Gasteiger partial charge in [-0.3, -0.25) is 0 Å². The summed E-state index contributed by atoms with van der Waals surface area (Å²) in [4.78, 5) is 12.5. The number of carbonyl (C=O) groups is 1. The first-order valence-corrected chi connectivity index (χ1v) is 8.40. The van der Waals surface area contributed by atoms with Gasteiger partial charge >= 0.3 is 6.09 Å². The molecule has 0 radical (unpaired) electrons. The van der Waals surface area contributed by atoms with Crippen LogP contribution in [0.15, 0.2) is 30.3 Å². The summed E-state index contributed by atoms with van der Waals surface area (Å²) in [6.07, 6.45) is 4.60. The molecule has 0 bridgehead atoms. The lowest BCUT2D eigenvalue weighted by Gasteiger charge is -2.22. The van der Waals surface area contributed by atoms with Gasteiger partial charge in [-0.1, -0.05) is 36.8 Å². The van der Waals surface area contributed by atoms with E-state index in [4.69, 9.17) is 17.0 Å². The molecular weight excluding hydrogens is 296 g/mol. The summed E-state index contributed by atoms with van der Waals surface area (Å²) in [5.41, 5.74) is 1.01. The third kappa shape index (κ3) is 5.30. The molecule has 22 heavy (non-hydrogen) atoms. The van der Waals surface area contributed by atoms with E-state index >= 15 is 0 Å². The summed E-state index contributed by atoms with van der Waals surface area (Å²) >= 11 is 5.57. The van der Waals surface area contributed by atoms with Crippen molar-refractivity contribution in [3.8, 4) is 0 Å². The van der Waals surface area contributed by atoms with E-state index in [0.717, 1.165) is 42.8 Å². The summed E-state index contributed by atoms with van der Waals surface area (Å²) in [5, 5.41) is 6.00. The number of nitrogens with one attached hydrogen (secondary N) is 2. The van der Waals surface area contributed by atoms with Crippen molar-refractivity contribution in [3.05, 3.63) is 30.3 Å². The van der Waals surface area contributed by atoms with Gasteiger partial charge < -0.3 is 15.4 Å². The standard InChI is InChI=1S/C17H24N2O2S/c1-2-18-17(20)21-15-11-7-6-8-13(12-15)16(22)19-14-9-4-3-5-10-14/h3-5,9-10,13,15H,2,6-8,11-12H2,1H3,(H,18,20)(H,19,22). The third-order valence-electron chi connectivity index (χ3n) is 3.88. The van der Waals surface area contributed by atoms with Gasteiger partial charge in [0.05, 0.1) is 4.99 Å². The zero-order valence-electron chi connectivity index (χ0n) is 13.0. The minimum Gasteiger partial charge on any atom is -0.446 e. The number of benzene rings is 1. The van der Waals surface area contributed by atoms with Gasteiger partial charge in [-0.2, -0.15) is 0 Å². The summed E-state index contributed by atoms with van der Waals surface area (Å²) < 4.78 is 5.50. The Hall–Kier alpha value is -1.62. The number of amides is 1. The molecule has 1 fully saturated rings. The van der Waals surface area contributed by atoms with Gasteiger partial charge in [-0.15, -0.1) is 0 Å². The van der Waals surface area contributed by atoms with Gasteiger partial charge in [-0.05, 0) is 44.7 Å². The number of alkyl carbamates (subject to hydrolysis) is 1. The molecule has 2 N–H and O–H groups in total. The normalized spacial score (nSPS) is 21.5. The predicted octanol–water partition coefficient (Wildman–Crippen LogP) is 4.12. The number of hydrogen-bond donors (Lipinski definition) is 2. The van der Waals surface area contributed by atoms with Crippen LogP contribution in [0.3, 0.4) is 0 Å². The van der Waals surface area contributed by atoms with Crippen LogP contribution in [-0.2, 0) is 4.74 Å². The molecule has 5 heteroatoms. The Bertz CT molecular complexity index is 493. The molecule has 2 atom stereocenters. The number of thiocarbonyl (C=S) groups is 1. The Labute approximate surface area is 137 Å². The zero-order valence-corrected chi connectivity index (χ0v) is 13.8. The lowest BCUT2D eigenvalue weighted by Crippen LogP contribution is -2.31. The second kappa shape index (κ2) is 8.73. The van der Waals surface area contributed by atoms with Crippen LogP contribution < -0.4 is 10.6 Å². The number of ether oxygens (including phenoxy) is 1. The van der Waals surface area contributed by atoms with Gasteiger partial charge in [0, 0.05) is 18.2 Å². The number of carbonyl (C=O) groups excluding carboxylic acids is 1. The second-order valence-electron chi connectivity index (χ2n) is 5.63. The first-order valence-electron chi connectivity index (χ1n) is 7.99. The molecule has 4 nitrogen and oxygen atoms in total. The van der Waals surface area contributed by atoms with E-state index < -0.39 is 0 Å². The zero-order chi connectivity index (χ0) is 15.8. The van der Waals surface area contributed by atoms with Crippen molar-refractivity contribution in [2.24, 2.45) is 5.92 Å². The maximum Gasteiger partial charge on any atom is 0.407 e. The van der Waals surface area contributed by atoms with Gasteiger partial charge in [-0.25, -0.2) is 4.79 Å². The average molecular weight is 320 g/mol. The molecular formula is C17H24N2O2S. The van der Waals surface area contributed by atoms with Crippen LogP contribution in [0, 0.1) is 5.92 Å². The summed E-state index contributed by atoms with van der Waals surface area (Å²) in [6.45, 7) is 2.47. The lowest BCUT2D eigenvalue weighted by molar-refractivity contribution is 0.0861. The molecule has 120 valence electrons. The third-order valence-corrected chi connectivity index (χ3v) is 4.32. The van der Waals surface area contributed by atoms with Gasteiger partial charge in [0.1, 0.15) is 6.10 Å². The molecule has 1 aliphatic carbocycles. The van der Waals surface area contributed by atoms with Crippen molar-refractivity contribution < 1.29 is 9.53 Å². The Morgan fingerprint density at radius 1 is 1.27 bits per heavy atom. The molecule has 0 saturated heterocycles. The number of hydrogen-bond acceptors (Lipinski definition) is 3. The first-order chi connectivity index (χ1) is 10.7. The van der Waals surface area contributed by atoms with E-state index in [2.05, 4.69) is 10.6 Å². The van der Waals surface area contributed by atoms with Crippen LogP contribution >= 0.6 is 12.2 Å². The highest BCUT2D eigenvalue weighted by Crippen LogP contribution is 2.27. The highest BCUT2D eigenvalue weighted by Gasteiger charge is 2.25. The van der Waals surface area contributed by atoms with Gasteiger partial charge in [0.25, 0.3) is 0 Å². The van der Waals surface area contributed by atoms with Crippen LogP contribution in [0.2, 0.25) is 0 Å². The Kier molecular flexibility index (Phi) is 6.65. The molecule has 0 aliphatic heterocycles. The molecule has 2 rings (SSSR count). The number of rotatable bonds is 4. The average Bonchev–Trinajstić information content (AvgIpc) is 2.74. The van der Waals surface area contributed by atoms with Crippen LogP contribution in [0.1, 0.15) is 39.0 Å². The van der Waals surface area contributed by atoms with Gasteiger partial charge in [0.2, 0.25) is 0 Å². The van der Waals surface area contributed by atoms with Crippen molar-refractivity contribution in [2.45, 2.75) is 45.1 Å². The van der Waals surface area contributed by atoms with Crippen LogP contribution in [0.25, 0.3) is 0 Å². The van der Waals surface area contributed by atoms with Crippen molar-refractivity contribution in [1.29, 1.82) is 0 Å². The molecule has 1 aromatic rings. The van der Waals surface area contributed by atoms with E-state index in [1.165, 1.54) is 0 Å². The monoisotopic (exact) mass is 320 g/mol. The number of para-hydroxylation sites is 1. The van der Waals surface area contributed by atoms with Crippen LogP contribution in [-0.4, -0.2) is 23.7 Å². The topological polar surface area (TPSA) is 50.4 Å². The van der Waals surface area contributed by atoms with Crippen molar-refractivity contribution in [2.75, 3.05) is 11.9 Å². The highest BCUT2D eigenvalue weighted by molar-refractivity contribution is 7.80. The molecule has 1 amide bonds. The highest BCUT2D eigenvalue weighted by atomic mass is 32.1. The van der Waals surface area contributed by atoms with Gasteiger partial charge in [0.15, 0.2) is 0 Å². The van der Waals surface area contributed by atoms with E-state index in [9.17, 15) is 4.79 Å². The summed E-state index contributed by atoms with van der Waals surface area (Å²) in [7, 11) is 0. The minimum absolute atomic E-state index is 0.0467. The van der Waals surface area contributed by atoms with E-state index in [0.29, 0.717) is 6.54 Å². The predicted molar refractivity (Wildman–Crippen MR) is 93.2 cm³/mol. The van der Waals surface area contributed by atoms with E-state index in [-0.39, 0.29) is 18.1 Å². The smallest absolute Gasteiger partial charge is 0.407 e.